The van der Waals surface area contributed by atoms with Crippen LogP contribution in [-0.2, 0) is 13.1 Å². The molecule has 0 saturated carbocycles. The van der Waals surface area contributed by atoms with Crippen molar-refractivity contribution in [2.45, 2.75) is 24.4 Å². The van der Waals surface area contributed by atoms with Crippen molar-refractivity contribution in [3.8, 4) is 0 Å². The van der Waals surface area contributed by atoms with Gasteiger partial charge in [0, 0.05) is 49.1 Å². The van der Waals surface area contributed by atoms with Crippen molar-refractivity contribution in [3.05, 3.63) is 59.7 Å². The Bertz CT molecular complexity index is 604. The summed E-state index contributed by atoms with van der Waals surface area (Å²) in [5.74, 6) is 1.06. The summed E-state index contributed by atoms with van der Waals surface area (Å²) < 4.78 is 0. The van der Waals surface area contributed by atoms with Crippen LogP contribution in [0.5, 0.6) is 0 Å². The lowest BCUT2D eigenvalue weighted by Crippen LogP contribution is -2.29. The van der Waals surface area contributed by atoms with Gasteiger partial charge in [0.15, 0.2) is 0 Å². The summed E-state index contributed by atoms with van der Waals surface area (Å²) in [6.07, 6.45) is 1.15. The maximum atomic E-state index is 3.61. The molecule has 5 heteroatoms. The summed E-state index contributed by atoms with van der Waals surface area (Å²) in [6, 6.07) is 17.3. The molecule has 0 radical (unpaired) electrons. The summed E-state index contributed by atoms with van der Waals surface area (Å²) in [5, 5.41) is 14.2. The van der Waals surface area contributed by atoms with Crippen LogP contribution >= 0.6 is 11.8 Å². The largest absolute Gasteiger partial charge is 0.384 e. The predicted octanol–water partition coefficient (Wildman–Crippen LogP) is 3.06. The van der Waals surface area contributed by atoms with Crippen LogP contribution in [0.15, 0.2) is 53.4 Å². The molecule has 1 aliphatic rings. The van der Waals surface area contributed by atoms with Crippen LogP contribution in [0.4, 0.5) is 5.69 Å². The monoisotopic (exact) mass is 370 g/mol. The fourth-order valence-corrected chi connectivity index (χ4v) is 4.00. The Morgan fingerprint density at radius 1 is 0.654 bits per heavy atom. The quantitative estimate of drug-likeness (QED) is 0.574. The van der Waals surface area contributed by atoms with Crippen molar-refractivity contribution in [2.75, 3.05) is 43.8 Å². The molecule has 0 bridgehead atoms. The number of para-hydroxylation sites is 1. The van der Waals surface area contributed by atoms with Crippen molar-refractivity contribution in [1.29, 1.82) is 0 Å². The van der Waals surface area contributed by atoms with Gasteiger partial charge in [-0.1, -0.05) is 36.4 Å². The Balaban J connectivity index is 1.62. The number of rotatable bonds is 0. The van der Waals surface area contributed by atoms with Crippen molar-refractivity contribution in [1.82, 2.24) is 16.0 Å². The fraction of sp³-hybridized carbons (Fsp3) is 0.429. The second-order valence-electron chi connectivity index (χ2n) is 6.50. The van der Waals surface area contributed by atoms with Crippen LogP contribution in [-0.4, -0.2) is 38.5 Å². The standard InChI is InChI=1S/C21H30N4S/c1-3-8-20-18(6-1)16-23-11-5-10-22-12-13-24-17-19-7-2-4-9-21(19)26-15-14-25-20/h1-4,6-9,22-25H,5,10-17H2. The first-order valence-corrected chi connectivity index (χ1v) is 10.6. The van der Waals surface area contributed by atoms with Gasteiger partial charge in [-0.15, -0.1) is 11.8 Å². The van der Waals surface area contributed by atoms with Crippen LogP contribution < -0.4 is 21.3 Å². The summed E-state index contributed by atoms with van der Waals surface area (Å²) in [7, 11) is 0. The van der Waals surface area contributed by atoms with E-state index in [-0.39, 0.29) is 0 Å². The third kappa shape index (κ3) is 6.32. The van der Waals surface area contributed by atoms with Gasteiger partial charge in [-0.25, -0.2) is 0 Å². The van der Waals surface area contributed by atoms with E-state index in [2.05, 4.69) is 69.8 Å². The highest BCUT2D eigenvalue weighted by Gasteiger charge is 2.04. The molecule has 0 unspecified atom stereocenters. The molecule has 2 aromatic rings. The summed E-state index contributed by atoms with van der Waals surface area (Å²) in [4.78, 5) is 1.38. The third-order valence-corrected chi connectivity index (χ3v) is 5.60. The number of hydrogen-bond donors (Lipinski definition) is 4. The van der Waals surface area contributed by atoms with E-state index in [0.717, 1.165) is 58.0 Å². The van der Waals surface area contributed by atoms with Gasteiger partial charge < -0.3 is 21.3 Å². The molecule has 0 atom stereocenters. The average Bonchev–Trinajstić information content (AvgIpc) is 2.68. The third-order valence-electron chi connectivity index (χ3n) is 4.48. The molecule has 0 aliphatic carbocycles. The highest BCUT2D eigenvalue weighted by Crippen LogP contribution is 2.23. The first-order valence-electron chi connectivity index (χ1n) is 9.58. The molecule has 4 N–H and O–H groups in total. The minimum atomic E-state index is 0.917. The summed E-state index contributed by atoms with van der Waals surface area (Å²) in [6.45, 7) is 6.93. The molecular formula is C21H30N4S. The maximum absolute atomic E-state index is 3.61. The molecule has 0 aromatic heterocycles. The lowest BCUT2D eigenvalue weighted by atomic mass is 10.1. The van der Waals surface area contributed by atoms with Gasteiger partial charge in [-0.2, -0.15) is 0 Å². The molecule has 26 heavy (non-hydrogen) atoms. The highest BCUT2D eigenvalue weighted by molar-refractivity contribution is 7.99. The van der Waals surface area contributed by atoms with E-state index in [0.29, 0.717) is 0 Å². The SMILES string of the molecule is c1ccc2c(c1)CNCCCNCCNCc1ccccc1SCCN2. The molecule has 1 aliphatic heterocycles. The smallest absolute Gasteiger partial charge is 0.0386 e. The van der Waals surface area contributed by atoms with Crippen molar-refractivity contribution >= 4 is 17.4 Å². The van der Waals surface area contributed by atoms with Gasteiger partial charge in [-0.3, -0.25) is 0 Å². The van der Waals surface area contributed by atoms with Crippen LogP contribution in [0, 0.1) is 0 Å². The zero-order chi connectivity index (χ0) is 17.9. The van der Waals surface area contributed by atoms with E-state index in [1.807, 2.05) is 11.8 Å². The number of hydrogen-bond acceptors (Lipinski definition) is 5. The van der Waals surface area contributed by atoms with Gasteiger partial charge in [-0.05, 0) is 42.8 Å². The van der Waals surface area contributed by atoms with E-state index in [1.54, 1.807) is 0 Å². The highest BCUT2D eigenvalue weighted by atomic mass is 32.2. The molecule has 0 spiro atoms. The molecular weight excluding hydrogens is 340 g/mol. The molecule has 0 amide bonds. The Kier molecular flexibility index (Phi) is 8.32. The maximum Gasteiger partial charge on any atom is 0.0386 e. The number of thioether (sulfide) groups is 1. The van der Waals surface area contributed by atoms with Crippen LogP contribution in [0.2, 0.25) is 0 Å². The van der Waals surface area contributed by atoms with E-state index < -0.39 is 0 Å². The first-order chi connectivity index (χ1) is 12.9. The van der Waals surface area contributed by atoms with Crippen molar-refractivity contribution in [2.24, 2.45) is 0 Å². The minimum absolute atomic E-state index is 0.917. The number of anilines is 1. The normalized spacial score (nSPS) is 17.8. The number of fused-ring (bicyclic) bond motifs is 2. The van der Waals surface area contributed by atoms with E-state index in [9.17, 15) is 0 Å². The summed E-state index contributed by atoms with van der Waals surface area (Å²) in [5.41, 5.74) is 3.98. The van der Waals surface area contributed by atoms with E-state index in [4.69, 9.17) is 0 Å². The molecule has 2 aromatic carbocycles. The minimum Gasteiger partial charge on any atom is -0.384 e. The van der Waals surface area contributed by atoms with Gasteiger partial charge >= 0.3 is 0 Å². The lowest BCUT2D eigenvalue weighted by molar-refractivity contribution is 0.571. The Morgan fingerprint density at radius 3 is 2.31 bits per heavy atom. The molecule has 0 saturated heterocycles. The lowest BCUT2D eigenvalue weighted by Gasteiger charge is -2.15. The zero-order valence-electron chi connectivity index (χ0n) is 15.4. The van der Waals surface area contributed by atoms with Gasteiger partial charge in [0.2, 0.25) is 0 Å². The fourth-order valence-electron chi connectivity index (χ4n) is 3.07. The zero-order valence-corrected chi connectivity index (χ0v) is 16.2. The van der Waals surface area contributed by atoms with E-state index >= 15 is 0 Å². The first kappa shape index (κ1) is 19.2. The van der Waals surface area contributed by atoms with E-state index in [1.165, 1.54) is 21.7 Å². The van der Waals surface area contributed by atoms with Crippen molar-refractivity contribution in [3.63, 3.8) is 0 Å². The van der Waals surface area contributed by atoms with Gasteiger partial charge in [0.05, 0.1) is 0 Å². The van der Waals surface area contributed by atoms with Crippen LogP contribution in [0.1, 0.15) is 17.5 Å². The number of nitrogens with one attached hydrogen (secondary N) is 4. The molecule has 1 heterocycles. The van der Waals surface area contributed by atoms with Crippen LogP contribution in [0.3, 0.4) is 0 Å². The topological polar surface area (TPSA) is 48.1 Å². The second-order valence-corrected chi connectivity index (χ2v) is 7.63. The van der Waals surface area contributed by atoms with Crippen molar-refractivity contribution < 1.29 is 0 Å². The summed E-state index contributed by atoms with van der Waals surface area (Å²) >= 11 is 1.93. The molecule has 0 fully saturated rings. The predicted molar refractivity (Wildman–Crippen MR) is 113 cm³/mol. The van der Waals surface area contributed by atoms with Gasteiger partial charge in [0.25, 0.3) is 0 Å². The Morgan fingerprint density at radius 2 is 1.35 bits per heavy atom. The molecule has 3 rings (SSSR count). The average molecular weight is 371 g/mol. The second kappa shape index (κ2) is 11.2. The number of benzene rings is 2. The Hall–Kier alpha value is -1.53. The van der Waals surface area contributed by atoms with Gasteiger partial charge in [0.1, 0.15) is 0 Å². The van der Waals surface area contributed by atoms with Crippen LogP contribution in [0.25, 0.3) is 0 Å². The molecule has 4 nitrogen and oxygen atoms in total. The Labute approximate surface area is 161 Å². The molecule has 140 valence electrons.